The molecular formula is C29H42N2O3S. The van der Waals surface area contributed by atoms with Gasteiger partial charge in [-0.15, -0.1) is 11.8 Å². The SMILES string of the molecule is C=C(/C=C\C(=C/C)C(C)C)NC(=O)N(CCCCCC)C1Cc2ccc(SC(C)C(=O)O)cc2C1. The van der Waals surface area contributed by atoms with Crippen LogP contribution in [0.15, 0.2) is 59.2 Å². The number of urea groups is 1. The van der Waals surface area contributed by atoms with Gasteiger partial charge in [0.25, 0.3) is 0 Å². The first-order chi connectivity index (χ1) is 16.7. The van der Waals surface area contributed by atoms with Crippen LogP contribution in [-0.2, 0) is 17.6 Å². The smallest absolute Gasteiger partial charge is 0.322 e. The Balaban J connectivity index is 2.11. The lowest BCUT2D eigenvalue weighted by atomic mass is 10.0. The fourth-order valence-electron chi connectivity index (χ4n) is 4.35. The topological polar surface area (TPSA) is 69.6 Å². The average molecular weight is 499 g/mol. The Morgan fingerprint density at radius 3 is 2.51 bits per heavy atom. The van der Waals surface area contributed by atoms with E-state index >= 15 is 0 Å². The van der Waals surface area contributed by atoms with Crippen molar-refractivity contribution >= 4 is 23.8 Å². The Labute approximate surface area is 215 Å². The van der Waals surface area contributed by atoms with Gasteiger partial charge in [0.15, 0.2) is 0 Å². The number of unbranched alkanes of at least 4 members (excludes halogenated alkanes) is 3. The van der Waals surface area contributed by atoms with Crippen molar-refractivity contribution < 1.29 is 14.7 Å². The van der Waals surface area contributed by atoms with E-state index in [0.717, 1.165) is 37.0 Å². The van der Waals surface area contributed by atoms with E-state index in [1.807, 2.05) is 30.0 Å². The number of nitrogens with one attached hydrogen (secondary N) is 1. The summed E-state index contributed by atoms with van der Waals surface area (Å²) in [7, 11) is 0. The minimum atomic E-state index is -0.812. The van der Waals surface area contributed by atoms with Gasteiger partial charge in [0, 0.05) is 23.2 Å². The van der Waals surface area contributed by atoms with Gasteiger partial charge < -0.3 is 15.3 Å². The minimum absolute atomic E-state index is 0.0855. The summed E-state index contributed by atoms with van der Waals surface area (Å²) < 4.78 is 0. The molecule has 0 heterocycles. The van der Waals surface area contributed by atoms with Crippen molar-refractivity contribution in [1.82, 2.24) is 10.2 Å². The summed E-state index contributed by atoms with van der Waals surface area (Å²) in [5.74, 6) is -0.402. The summed E-state index contributed by atoms with van der Waals surface area (Å²) in [6.07, 6.45) is 12.0. The second-order valence-corrected chi connectivity index (χ2v) is 11.0. The Kier molecular flexibility index (Phi) is 11.7. The molecule has 0 spiro atoms. The number of benzene rings is 1. The number of allylic oxidation sites excluding steroid dienone is 4. The molecule has 1 aliphatic rings. The normalized spacial score (nSPS) is 16.4. The molecule has 35 heavy (non-hydrogen) atoms. The Morgan fingerprint density at radius 1 is 1.17 bits per heavy atom. The van der Waals surface area contributed by atoms with E-state index in [9.17, 15) is 14.7 Å². The van der Waals surface area contributed by atoms with Crippen LogP contribution < -0.4 is 5.32 Å². The van der Waals surface area contributed by atoms with Crippen LogP contribution >= 0.6 is 11.8 Å². The van der Waals surface area contributed by atoms with Crippen LogP contribution in [0, 0.1) is 5.92 Å². The molecule has 6 heteroatoms. The van der Waals surface area contributed by atoms with Crippen LogP contribution in [0.3, 0.4) is 0 Å². The zero-order chi connectivity index (χ0) is 26.0. The number of carboxylic acids is 1. The standard InChI is InChI=1S/C29H42N2O3S/c1-7-9-10-11-16-31(29(34)30-21(5)12-13-23(8-2)20(3)4)26-17-24-14-15-27(19-25(24)18-26)35-22(6)28(32)33/h8,12-15,19-20,22,26H,5,7,9-11,16-18H2,1-4,6H3,(H,30,34)(H,32,33)/b13-12-,23-8+. The van der Waals surface area contributed by atoms with Gasteiger partial charge in [-0.3, -0.25) is 4.79 Å². The number of fused-ring (bicyclic) bond motifs is 1. The summed E-state index contributed by atoms with van der Waals surface area (Å²) >= 11 is 1.36. The Hall–Kier alpha value is -2.47. The highest BCUT2D eigenvalue weighted by Crippen LogP contribution is 2.32. The molecule has 2 unspecified atom stereocenters. The number of nitrogens with zero attached hydrogens (tertiary/aromatic N) is 1. The van der Waals surface area contributed by atoms with Crippen LogP contribution in [0.25, 0.3) is 0 Å². The van der Waals surface area contributed by atoms with Gasteiger partial charge in [-0.2, -0.15) is 0 Å². The van der Waals surface area contributed by atoms with E-state index in [1.54, 1.807) is 6.92 Å². The van der Waals surface area contributed by atoms with Gasteiger partial charge in [-0.25, -0.2) is 4.79 Å². The molecule has 0 saturated heterocycles. The van der Waals surface area contributed by atoms with Crippen molar-refractivity contribution in [2.75, 3.05) is 6.54 Å². The molecule has 1 aliphatic carbocycles. The summed E-state index contributed by atoms with van der Waals surface area (Å²) in [4.78, 5) is 27.5. The van der Waals surface area contributed by atoms with E-state index in [2.05, 4.69) is 50.9 Å². The summed E-state index contributed by atoms with van der Waals surface area (Å²) in [6.45, 7) is 15.0. The average Bonchev–Trinajstić information content (AvgIpc) is 3.21. The minimum Gasteiger partial charge on any atom is -0.480 e. The summed E-state index contributed by atoms with van der Waals surface area (Å²) in [6, 6.07) is 6.17. The highest BCUT2D eigenvalue weighted by molar-refractivity contribution is 8.00. The van der Waals surface area contributed by atoms with Gasteiger partial charge in [0.05, 0.1) is 0 Å². The number of hydrogen-bond donors (Lipinski definition) is 2. The molecule has 1 aromatic rings. The molecule has 0 aromatic heterocycles. The lowest BCUT2D eigenvalue weighted by molar-refractivity contribution is -0.136. The first-order valence-electron chi connectivity index (χ1n) is 12.8. The molecule has 5 nitrogen and oxygen atoms in total. The second kappa shape index (κ2) is 14.2. The highest BCUT2D eigenvalue weighted by atomic mass is 32.2. The first kappa shape index (κ1) is 28.8. The molecule has 0 aliphatic heterocycles. The first-order valence-corrected chi connectivity index (χ1v) is 13.7. The fourth-order valence-corrected chi connectivity index (χ4v) is 5.21. The Morgan fingerprint density at radius 2 is 1.89 bits per heavy atom. The monoisotopic (exact) mass is 498 g/mol. The maximum absolute atomic E-state index is 13.3. The molecule has 0 fully saturated rings. The van der Waals surface area contributed by atoms with Crippen LogP contribution in [-0.4, -0.2) is 39.8 Å². The second-order valence-electron chi connectivity index (χ2n) is 9.58. The molecule has 0 bridgehead atoms. The van der Waals surface area contributed by atoms with Crippen molar-refractivity contribution in [3.05, 3.63) is 65.4 Å². The third-order valence-corrected chi connectivity index (χ3v) is 7.53. The number of carboxylic acid groups (broad SMARTS) is 1. The number of hydrogen-bond acceptors (Lipinski definition) is 3. The van der Waals surface area contributed by atoms with E-state index in [-0.39, 0.29) is 12.1 Å². The van der Waals surface area contributed by atoms with Crippen molar-refractivity contribution in [3.8, 4) is 0 Å². The maximum atomic E-state index is 13.3. The molecule has 2 N–H and O–H groups in total. The highest BCUT2D eigenvalue weighted by Gasteiger charge is 2.30. The number of rotatable bonds is 13. The number of carbonyl (C=O) groups excluding carboxylic acids is 1. The van der Waals surface area contributed by atoms with Crippen LogP contribution in [0.2, 0.25) is 0 Å². The van der Waals surface area contributed by atoms with Crippen molar-refractivity contribution in [2.45, 2.75) is 89.3 Å². The predicted molar refractivity (Wildman–Crippen MR) is 147 cm³/mol. The molecule has 2 amide bonds. The molecule has 1 aromatic carbocycles. The fraction of sp³-hybridized carbons (Fsp3) is 0.517. The zero-order valence-corrected chi connectivity index (χ0v) is 22.8. The maximum Gasteiger partial charge on any atom is 0.322 e. The molecule has 0 radical (unpaired) electrons. The zero-order valence-electron chi connectivity index (χ0n) is 22.0. The van der Waals surface area contributed by atoms with E-state index in [0.29, 0.717) is 18.2 Å². The predicted octanol–water partition coefficient (Wildman–Crippen LogP) is 6.98. The van der Waals surface area contributed by atoms with Crippen molar-refractivity contribution in [2.24, 2.45) is 5.92 Å². The summed E-state index contributed by atoms with van der Waals surface area (Å²) in [5.41, 5.74) is 4.23. The number of thioether (sulfide) groups is 1. The van der Waals surface area contributed by atoms with Gasteiger partial charge in [0.1, 0.15) is 5.25 Å². The Bertz CT molecular complexity index is 951. The number of amides is 2. The quantitative estimate of drug-likeness (QED) is 0.175. The van der Waals surface area contributed by atoms with E-state index < -0.39 is 11.2 Å². The number of aliphatic carboxylic acids is 1. The van der Waals surface area contributed by atoms with Gasteiger partial charge in [-0.05, 0) is 73.9 Å². The molecule has 2 atom stereocenters. The van der Waals surface area contributed by atoms with E-state index in [4.69, 9.17) is 0 Å². The molecule has 2 rings (SSSR count). The largest absolute Gasteiger partial charge is 0.480 e. The van der Waals surface area contributed by atoms with Gasteiger partial charge >= 0.3 is 12.0 Å². The van der Waals surface area contributed by atoms with Crippen molar-refractivity contribution in [1.29, 1.82) is 0 Å². The lowest BCUT2D eigenvalue weighted by Crippen LogP contribution is -2.46. The van der Waals surface area contributed by atoms with Gasteiger partial charge in [-0.1, -0.05) is 64.8 Å². The van der Waals surface area contributed by atoms with Crippen LogP contribution in [0.1, 0.15) is 71.4 Å². The summed E-state index contributed by atoms with van der Waals surface area (Å²) in [5, 5.41) is 11.7. The third kappa shape index (κ3) is 8.92. The van der Waals surface area contributed by atoms with E-state index in [1.165, 1.54) is 34.9 Å². The molecule has 0 saturated carbocycles. The van der Waals surface area contributed by atoms with Crippen molar-refractivity contribution in [3.63, 3.8) is 0 Å². The lowest BCUT2D eigenvalue weighted by Gasteiger charge is -2.29. The molecule has 192 valence electrons. The number of carbonyl (C=O) groups is 2. The van der Waals surface area contributed by atoms with Crippen LogP contribution in [0.5, 0.6) is 0 Å². The molecular weight excluding hydrogens is 456 g/mol. The third-order valence-electron chi connectivity index (χ3n) is 6.45. The van der Waals surface area contributed by atoms with Gasteiger partial charge in [0.2, 0.25) is 0 Å². The van der Waals surface area contributed by atoms with Crippen LogP contribution in [0.4, 0.5) is 4.79 Å².